The highest BCUT2D eigenvalue weighted by Gasteiger charge is 2.77. The molecule has 3 aromatic rings. The maximum atomic E-state index is 13.5. The van der Waals surface area contributed by atoms with E-state index in [4.69, 9.17) is 16.3 Å². The van der Waals surface area contributed by atoms with E-state index in [1.54, 1.807) is 6.07 Å². The van der Waals surface area contributed by atoms with Gasteiger partial charge in [-0.3, -0.25) is 9.78 Å². The summed E-state index contributed by atoms with van der Waals surface area (Å²) < 4.78 is 7.36. The van der Waals surface area contributed by atoms with Crippen LogP contribution in [-0.2, 0) is 16.0 Å². The Kier molecular flexibility index (Phi) is 4.41. The van der Waals surface area contributed by atoms with Gasteiger partial charge in [-0.05, 0) is 23.3 Å². The first-order chi connectivity index (χ1) is 13.9. The van der Waals surface area contributed by atoms with Crippen LogP contribution in [0.3, 0.4) is 0 Å². The minimum Gasteiger partial charge on any atom is -0.476 e. The van der Waals surface area contributed by atoms with Crippen molar-refractivity contribution in [2.24, 2.45) is 0 Å². The number of aromatic nitrogens is 1. The van der Waals surface area contributed by atoms with Crippen LogP contribution in [0.4, 0.5) is 0 Å². The molecule has 0 spiro atoms. The van der Waals surface area contributed by atoms with Crippen molar-refractivity contribution in [2.45, 2.75) is 21.9 Å². The zero-order chi connectivity index (χ0) is 20.4. The number of aliphatic hydroxyl groups is 1. The minimum absolute atomic E-state index is 0.192. The summed E-state index contributed by atoms with van der Waals surface area (Å²) in [6.45, 7) is 0. The zero-order valence-electron chi connectivity index (χ0n) is 14.9. The number of Topliss-reactive ketones (excluding diaryl/α,β-unsaturated/α-hetero) is 1. The average molecular weight is 536 g/mol. The molecule has 2 aromatic carbocycles. The van der Waals surface area contributed by atoms with Gasteiger partial charge in [0.05, 0.1) is 15.8 Å². The molecule has 1 aromatic heterocycles. The second-order valence-corrected chi connectivity index (χ2v) is 9.55. The molecular formula is C22H14Br2ClNO3. The number of carbonyl (C=O) groups excluding carboxylic acids is 1. The topological polar surface area (TPSA) is 59.4 Å². The number of hydrogen-bond donors (Lipinski definition) is 1. The van der Waals surface area contributed by atoms with Crippen molar-refractivity contribution in [1.82, 2.24) is 4.98 Å². The van der Waals surface area contributed by atoms with Crippen LogP contribution in [0, 0.1) is 0 Å². The number of alkyl halides is 1. The Morgan fingerprint density at radius 2 is 1.79 bits per heavy atom. The van der Waals surface area contributed by atoms with Crippen LogP contribution in [0.1, 0.15) is 22.7 Å². The first-order valence-corrected chi connectivity index (χ1v) is 11.0. The van der Waals surface area contributed by atoms with Gasteiger partial charge in [-0.1, -0.05) is 85.9 Å². The monoisotopic (exact) mass is 533 g/mol. The average Bonchev–Trinajstić information content (AvgIpc) is 3.07. The van der Waals surface area contributed by atoms with E-state index < -0.39 is 21.9 Å². The molecule has 0 saturated heterocycles. The van der Waals surface area contributed by atoms with E-state index in [0.29, 0.717) is 16.3 Å². The Morgan fingerprint density at radius 1 is 1.10 bits per heavy atom. The second-order valence-electron chi connectivity index (χ2n) is 7.21. The quantitative estimate of drug-likeness (QED) is 0.464. The fourth-order valence-electron chi connectivity index (χ4n) is 4.55. The highest BCUT2D eigenvalue weighted by Crippen LogP contribution is 2.66. The second kappa shape index (κ2) is 6.64. The standard InChI is InChI=1S/C22H14Br2ClNO3/c23-14-8-6-13(7-9-14)22-17(12-4-2-1-3-5-12)18(24)20(27)21(22,28)19-16(29-22)10-15(25)11-26-19/h1-11,17-18,28H. The van der Waals surface area contributed by atoms with Gasteiger partial charge in [0.1, 0.15) is 11.4 Å². The normalized spacial score (nSPS) is 30.0. The summed E-state index contributed by atoms with van der Waals surface area (Å²) in [5.41, 5.74) is -1.60. The number of hydrogen-bond acceptors (Lipinski definition) is 4. The van der Waals surface area contributed by atoms with Gasteiger partial charge in [0.2, 0.25) is 5.60 Å². The van der Waals surface area contributed by atoms with Crippen LogP contribution in [-0.4, -0.2) is 20.7 Å². The molecule has 1 fully saturated rings. The molecule has 4 unspecified atom stereocenters. The van der Waals surface area contributed by atoms with E-state index >= 15 is 0 Å². The molecule has 1 aliphatic heterocycles. The molecule has 146 valence electrons. The minimum atomic E-state index is -1.96. The van der Waals surface area contributed by atoms with Crippen LogP contribution >= 0.6 is 43.5 Å². The van der Waals surface area contributed by atoms with E-state index in [1.807, 2.05) is 54.6 Å². The largest absolute Gasteiger partial charge is 0.476 e. The van der Waals surface area contributed by atoms with Crippen LogP contribution in [0.5, 0.6) is 5.75 Å². The fourth-order valence-corrected chi connectivity index (χ4v) is 5.97. The van der Waals surface area contributed by atoms with E-state index in [9.17, 15) is 9.90 Å². The predicted octanol–water partition coefficient (Wildman–Crippen LogP) is 5.10. The summed E-state index contributed by atoms with van der Waals surface area (Å²) in [5.74, 6) is -0.560. The van der Waals surface area contributed by atoms with Gasteiger partial charge < -0.3 is 9.84 Å². The molecule has 1 N–H and O–H groups in total. The summed E-state index contributed by atoms with van der Waals surface area (Å²) in [5, 5.41) is 12.4. The molecule has 4 nitrogen and oxygen atoms in total. The Labute approximate surface area is 189 Å². The van der Waals surface area contributed by atoms with Gasteiger partial charge in [0.15, 0.2) is 11.4 Å². The maximum absolute atomic E-state index is 13.5. The third kappa shape index (κ3) is 2.46. The molecule has 2 aliphatic rings. The van der Waals surface area contributed by atoms with E-state index in [0.717, 1.165) is 10.0 Å². The lowest BCUT2D eigenvalue weighted by Gasteiger charge is -2.38. The van der Waals surface area contributed by atoms with E-state index in [1.165, 1.54) is 6.20 Å². The molecule has 1 aliphatic carbocycles. The molecule has 0 radical (unpaired) electrons. The summed E-state index contributed by atoms with van der Waals surface area (Å²) in [7, 11) is 0. The lowest BCUT2D eigenvalue weighted by atomic mass is 9.72. The molecular weight excluding hydrogens is 522 g/mol. The molecule has 1 saturated carbocycles. The third-order valence-corrected chi connectivity index (χ3v) is 7.42. The zero-order valence-corrected chi connectivity index (χ0v) is 18.8. The number of halogens is 3. The van der Waals surface area contributed by atoms with Crippen LogP contribution < -0.4 is 4.74 Å². The van der Waals surface area contributed by atoms with Crippen molar-refractivity contribution in [2.75, 3.05) is 0 Å². The van der Waals surface area contributed by atoms with Crippen LogP contribution in [0.15, 0.2) is 71.3 Å². The number of benzene rings is 2. The number of rotatable bonds is 2. The van der Waals surface area contributed by atoms with Crippen LogP contribution in [0.2, 0.25) is 5.02 Å². The number of ketones is 1. The maximum Gasteiger partial charge on any atom is 0.214 e. The molecule has 2 heterocycles. The number of fused-ring (bicyclic) bond motifs is 3. The molecule has 29 heavy (non-hydrogen) atoms. The molecule has 0 bridgehead atoms. The van der Waals surface area contributed by atoms with Crippen molar-refractivity contribution in [3.05, 3.63) is 93.2 Å². The smallest absolute Gasteiger partial charge is 0.214 e. The SMILES string of the molecule is O=C1C(Br)C(c2ccccc2)C2(c3ccc(Br)cc3)Oc3cc(Cl)cnc3C12O. The van der Waals surface area contributed by atoms with Gasteiger partial charge in [-0.2, -0.15) is 0 Å². The van der Waals surface area contributed by atoms with Gasteiger partial charge >= 0.3 is 0 Å². The summed E-state index contributed by atoms with van der Waals surface area (Å²) in [6, 6.07) is 18.6. The highest BCUT2D eigenvalue weighted by atomic mass is 79.9. The van der Waals surface area contributed by atoms with Crippen molar-refractivity contribution < 1.29 is 14.6 Å². The number of pyridine rings is 1. The van der Waals surface area contributed by atoms with Crippen molar-refractivity contribution in [3.63, 3.8) is 0 Å². The highest BCUT2D eigenvalue weighted by molar-refractivity contribution is 9.10. The molecule has 7 heteroatoms. The number of ether oxygens (including phenoxy) is 1. The lowest BCUT2D eigenvalue weighted by molar-refractivity contribution is -0.151. The van der Waals surface area contributed by atoms with Gasteiger partial charge in [0.25, 0.3) is 0 Å². The summed E-state index contributed by atoms with van der Waals surface area (Å²) in [6.07, 6.45) is 1.42. The Bertz CT molecular complexity index is 1120. The Hall–Kier alpha value is -1.73. The molecule has 4 atom stereocenters. The fraction of sp³-hybridized carbons (Fsp3) is 0.182. The first-order valence-electron chi connectivity index (χ1n) is 8.96. The van der Waals surface area contributed by atoms with Gasteiger partial charge in [0, 0.05) is 16.7 Å². The number of nitrogens with zero attached hydrogens (tertiary/aromatic N) is 1. The van der Waals surface area contributed by atoms with Gasteiger partial charge in [-0.25, -0.2) is 0 Å². The van der Waals surface area contributed by atoms with E-state index in [-0.39, 0.29) is 11.5 Å². The molecule has 0 amide bonds. The Balaban J connectivity index is 1.85. The van der Waals surface area contributed by atoms with Crippen molar-refractivity contribution >= 4 is 49.2 Å². The van der Waals surface area contributed by atoms with E-state index in [2.05, 4.69) is 36.8 Å². The number of carbonyl (C=O) groups is 1. The van der Waals surface area contributed by atoms with Crippen LogP contribution in [0.25, 0.3) is 0 Å². The van der Waals surface area contributed by atoms with Crippen molar-refractivity contribution in [1.29, 1.82) is 0 Å². The first kappa shape index (κ1) is 19.2. The Morgan fingerprint density at radius 3 is 2.48 bits per heavy atom. The molecule has 5 rings (SSSR count). The lowest BCUT2D eigenvalue weighted by Crippen LogP contribution is -2.51. The predicted molar refractivity (Wildman–Crippen MR) is 116 cm³/mol. The summed E-state index contributed by atoms with van der Waals surface area (Å²) in [4.78, 5) is 17.2. The van der Waals surface area contributed by atoms with Gasteiger partial charge in [-0.15, -0.1) is 0 Å². The third-order valence-electron chi connectivity index (χ3n) is 5.74. The van der Waals surface area contributed by atoms with Crippen molar-refractivity contribution in [3.8, 4) is 5.75 Å². The summed E-state index contributed by atoms with van der Waals surface area (Å²) >= 11 is 13.1.